The fraction of sp³-hybridized carbons (Fsp3) is 0.524. The lowest BCUT2D eigenvalue weighted by Gasteiger charge is -2.33. The first kappa shape index (κ1) is 19.0. The van der Waals surface area contributed by atoms with Gasteiger partial charge in [0.1, 0.15) is 0 Å². The van der Waals surface area contributed by atoms with Gasteiger partial charge in [0.2, 0.25) is 11.7 Å². The van der Waals surface area contributed by atoms with Gasteiger partial charge in [0.25, 0.3) is 0 Å². The minimum Gasteiger partial charge on any atom is -0.377 e. The predicted molar refractivity (Wildman–Crippen MR) is 112 cm³/mol. The largest absolute Gasteiger partial charge is 0.377 e. The van der Waals surface area contributed by atoms with Crippen molar-refractivity contribution in [3.63, 3.8) is 0 Å². The van der Waals surface area contributed by atoms with Crippen LogP contribution in [0.1, 0.15) is 24.8 Å². The lowest BCUT2D eigenvalue weighted by molar-refractivity contribution is -0.131. The Morgan fingerprint density at radius 2 is 2.03 bits per heavy atom. The third-order valence-electron chi connectivity index (χ3n) is 5.94. The number of ether oxygens (including phenoxy) is 1. The molecule has 3 fully saturated rings. The molecule has 0 radical (unpaired) electrons. The van der Waals surface area contributed by atoms with Crippen LogP contribution in [0.4, 0.5) is 11.7 Å². The van der Waals surface area contributed by atoms with Crippen LogP contribution in [0.3, 0.4) is 0 Å². The van der Waals surface area contributed by atoms with Gasteiger partial charge >= 0.3 is 6.01 Å². The summed E-state index contributed by atoms with van der Waals surface area (Å²) in [7, 11) is 0. The van der Waals surface area contributed by atoms with Gasteiger partial charge in [-0.15, -0.1) is 0 Å². The van der Waals surface area contributed by atoms with Gasteiger partial charge < -0.3 is 29.8 Å². The molecule has 0 spiro atoms. The van der Waals surface area contributed by atoms with Crippen molar-refractivity contribution < 1.29 is 14.1 Å². The number of piperazine rings is 1. The van der Waals surface area contributed by atoms with Gasteiger partial charge in [0.15, 0.2) is 0 Å². The second-order valence-electron chi connectivity index (χ2n) is 8.24. The number of hydrogen-bond donors (Lipinski definition) is 2. The molecule has 1 aliphatic carbocycles. The fourth-order valence-electron chi connectivity index (χ4n) is 3.79. The van der Waals surface area contributed by atoms with E-state index in [-0.39, 0.29) is 11.9 Å². The van der Waals surface area contributed by atoms with Crippen LogP contribution in [-0.2, 0) is 9.53 Å². The zero-order chi connectivity index (χ0) is 20.5. The molecule has 9 nitrogen and oxygen atoms in total. The van der Waals surface area contributed by atoms with Crippen molar-refractivity contribution in [2.45, 2.75) is 25.3 Å². The molecule has 5 rings (SSSR count). The zero-order valence-electron chi connectivity index (χ0n) is 16.8. The van der Waals surface area contributed by atoms with Crippen LogP contribution in [0.25, 0.3) is 11.4 Å². The van der Waals surface area contributed by atoms with E-state index in [0.717, 1.165) is 16.8 Å². The molecule has 2 aromatic rings. The normalized spacial score (nSPS) is 19.5. The van der Waals surface area contributed by atoms with Gasteiger partial charge in [-0.3, -0.25) is 4.79 Å². The molecule has 9 heteroatoms. The van der Waals surface area contributed by atoms with Crippen LogP contribution < -0.4 is 10.2 Å². The second kappa shape index (κ2) is 8.06. The third-order valence-corrected chi connectivity index (χ3v) is 5.94. The second-order valence-corrected chi connectivity index (χ2v) is 8.24. The smallest absolute Gasteiger partial charge is 0.324 e. The van der Waals surface area contributed by atoms with Crippen molar-refractivity contribution in [3.8, 4) is 11.4 Å². The molecule has 30 heavy (non-hydrogen) atoms. The molecule has 2 aliphatic heterocycles. The number of nitrogens with one attached hydrogen (secondary N) is 2. The quantitative estimate of drug-likeness (QED) is 0.672. The maximum Gasteiger partial charge on any atom is 0.324 e. The molecular formula is C21H26N6O3. The Balaban J connectivity index is 1.24. The zero-order valence-corrected chi connectivity index (χ0v) is 16.8. The van der Waals surface area contributed by atoms with E-state index in [1.807, 2.05) is 28.0 Å². The fourth-order valence-corrected chi connectivity index (χ4v) is 3.79. The minimum atomic E-state index is 0.263. The molecule has 0 atom stereocenters. The Morgan fingerprint density at radius 3 is 2.70 bits per heavy atom. The van der Waals surface area contributed by atoms with E-state index in [1.54, 1.807) is 0 Å². The topological polar surface area (TPSA) is 108 Å². The van der Waals surface area contributed by atoms with E-state index in [1.165, 1.54) is 19.1 Å². The Labute approximate surface area is 174 Å². The van der Waals surface area contributed by atoms with E-state index in [4.69, 9.17) is 14.7 Å². The van der Waals surface area contributed by atoms with Crippen molar-refractivity contribution in [2.75, 3.05) is 49.6 Å². The summed E-state index contributed by atoms with van der Waals surface area (Å²) in [4.78, 5) is 20.9. The Kier molecular flexibility index (Phi) is 5.12. The van der Waals surface area contributed by atoms with E-state index >= 15 is 0 Å². The highest BCUT2D eigenvalue weighted by Crippen LogP contribution is 2.33. The van der Waals surface area contributed by atoms with Crippen LogP contribution in [0.15, 0.2) is 22.7 Å². The summed E-state index contributed by atoms with van der Waals surface area (Å²) in [5.41, 5.74) is 2.50. The van der Waals surface area contributed by atoms with Gasteiger partial charge in [-0.1, -0.05) is 17.3 Å². The van der Waals surface area contributed by atoms with E-state index in [2.05, 4.69) is 15.5 Å². The number of amides is 1. The van der Waals surface area contributed by atoms with Crippen LogP contribution in [0.5, 0.6) is 0 Å². The maximum atomic E-state index is 12.3. The predicted octanol–water partition coefficient (Wildman–Crippen LogP) is 1.99. The number of rotatable bonds is 7. The summed E-state index contributed by atoms with van der Waals surface area (Å²) in [5, 5.41) is 15.2. The standard InChI is InChI=1S/C21H26N6O3/c22-11-16-4-3-15(10-18(16)23-17-12-29-13-17)20-24-21(30-25-20)27-7-5-26(6-8-27)19(28)9-14-1-2-14/h3-4,10-11,14,17,22-23H,1-2,5-9,12-13H2. The van der Waals surface area contributed by atoms with Crippen LogP contribution >= 0.6 is 0 Å². The Morgan fingerprint density at radius 1 is 1.23 bits per heavy atom. The first-order valence-corrected chi connectivity index (χ1v) is 10.5. The number of carbonyl (C=O) groups is 1. The molecular weight excluding hydrogens is 384 g/mol. The highest BCUT2D eigenvalue weighted by molar-refractivity contribution is 5.87. The van der Waals surface area contributed by atoms with Crippen LogP contribution in [-0.4, -0.2) is 72.6 Å². The van der Waals surface area contributed by atoms with Gasteiger partial charge in [0, 0.05) is 55.6 Å². The Bertz CT molecular complexity index is 929. The molecule has 2 saturated heterocycles. The number of carbonyl (C=O) groups excluding carboxylic acids is 1. The van der Waals surface area contributed by atoms with Crippen molar-refractivity contribution in [1.29, 1.82) is 5.41 Å². The number of anilines is 2. The van der Waals surface area contributed by atoms with E-state index < -0.39 is 0 Å². The van der Waals surface area contributed by atoms with E-state index in [9.17, 15) is 4.79 Å². The molecule has 1 saturated carbocycles. The monoisotopic (exact) mass is 410 g/mol. The summed E-state index contributed by atoms with van der Waals surface area (Å²) in [5.74, 6) is 1.40. The molecule has 1 amide bonds. The van der Waals surface area contributed by atoms with Crippen molar-refractivity contribution in [1.82, 2.24) is 15.0 Å². The average molecular weight is 410 g/mol. The van der Waals surface area contributed by atoms with Crippen molar-refractivity contribution in [2.24, 2.45) is 5.92 Å². The van der Waals surface area contributed by atoms with Crippen molar-refractivity contribution >= 4 is 23.8 Å². The van der Waals surface area contributed by atoms with Gasteiger partial charge in [-0.25, -0.2) is 0 Å². The molecule has 158 valence electrons. The van der Waals surface area contributed by atoms with E-state index in [0.29, 0.717) is 63.6 Å². The molecule has 0 unspecified atom stereocenters. The van der Waals surface area contributed by atoms with Gasteiger partial charge in [-0.2, -0.15) is 4.98 Å². The number of aromatic nitrogens is 2. The summed E-state index contributed by atoms with van der Waals surface area (Å²) >= 11 is 0. The average Bonchev–Trinajstić information content (AvgIpc) is 3.42. The number of nitrogens with zero attached hydrogens (tertiary/aromatic N) is 4. The molecule has 1 aromatic carbocycles. The molecule has 2 N–H and O–H groups in total. The lowest BCUT2D eigenvalue weighted by Crippen LogP contribution is -2.49. The summed E-state index contributed by atoms with van der Waals surface area (Å²) in [6.45, 7) is 4.11. The minimum absolute atomic E-state index is 0.263. The molecule has 3 heterocycles. The third kappa shape index (κ3) is 4.02. The SMILES string of the molecule is N=Cc1ccc(-c2noc(N3CCN(C(=O)CC4CC4)CC3)n2)cc1NC1COC1. The molecule has 1 aromatic heterocycles. The van der Waals surface area contributed by atoms with Gasteiger partial charge in [-0.05, 0) is 24.8 Å². The van der Waals surface area contributed by atoms with Crippen molar-refractivity contribution in [3.05, 3.63) is 23.8 Å². The Hall–Kier alpha value is -2.94. The summed E-state index contributed by atoms with van der Waals surface area (Å²) in [6.07, 6.45) is 4.42. The highest BCUT2D eigenvalue weighted by atomic mass is 16.5. The number of benzene rings is 1. The molecule has 3 aliphatic rings. The highest BCUT2D eigenvalue weighted by Gasteiger charge is 2.29. The summed E-state index contributed by atoms with van der Waals surface area (Å²) < 4.78 is 10.7. The van der Waals surface area contributed by atoms with Crippen LogP contribution in [0, 0.1) is 11.3 Å². The number of hydrogen-bond acceptors (Lipinski definition) is 8. The van der Waals surface area contributed by atoms with Crippen LogP contribution in [0.2, 0.25) is 0 Å². The maximum absolute atomic E-state index is 12.3. The first-order chi connectivity index (χ1) is 14.7. The summed E-state index contributed by atoms with van der Waals surface area (Å²) in [6, 6.07) is 6.47. The first-order valence-electron chi connectivity index (χ1n) is 10.5. The van der Waals surface area contributed by atoms with Gasteiger partial charge in [0.05, 0.1) is 19.3 Å². The molecule has 0 bridgehead atoms. The lowest BCUT2D eigenvalue weighted by atomic mass is 10.1.